The minimum atomic E-state index is -4.80. The zero-order chi connectivity index (χ0) is 17.0. The van der Waals surface area contributed by atoms with Crippen LogP contribution in [0.1, 0.15) is 20.8 Å². The van der Waals surface area contributed by atoms with Crippen LogP contribution >= 0.6 is 24.0 Å². The molecule has 128 valence electrons. The van der Waals surface area contributed by atoms with Crippen molar-refractivity contribution < 1.29 is 17.9 Å². The Morgan fingerprint density at radius 3 is 2.35 bits per heavy atom. The predicted octanol–water partition coefficient (Wildman–Crippen LogP) is 3.98. The lowest BCUT2D eigenvalue weighted by atomic mass is 9.88. The number of aliphatic imine (C=N–C) groups is 1. The summed E-state index contributed by atoms with van der Waals surface area (Å²) in [6.07, 6.45) is 0.605. The molecule has 1 unspecified atom stereocenters. The molecule has 0 aliphatic heterocycles. The van der Waals surface area contributed by atoms with Crippen LogP contribution in [0.2, 0.25) is 0 Å². The Morgan fingerprint density at radius 1 is 1.30 bits per heavy atom. The third-order valence-electron chi connectivity index (χ3n) is 2.62. The van der Waals surface area contributed by atoms with Gasteiger partial charge in [0.2, 0.25) is 0 Å². The number of rotatable bonds is 3. The van der Waals surface area contributed by atoms with Crippen molar-refractivity contribution in [3.05, 3.63) is 24.3 Å². The SMILES string of the molecule is C#CC(N=C(N)Nc1ccccc1OC(F)(F)F)C(C)(C)C.I. The largest absolute Gasteiger partial charge is 0.573 e. The Morgan fingerprint density at radius 2 is 1.87 bits per heavy atom. The van der Waals surface area contributed by atoms with E-state index in [2.05, 4.69) is 21.0 Å². The first kappa shape index (κ1) is 21.4. The summed E-state index contributed by atoms with van der Waals surface area (Å²) < 4.78 is 40.9. The molecule has 1 aromatic rings. The van der Waals surface area contributed by atoms with Crippen molar-refractivity contribution in [2.75, 3.05) is 5.32 Å². The number of nitrogens with one attached hydrogen (secondary N) is 1. The van der Waals surface area contributed by atoms with Crippen LogP contribution in [0.5, 0.6) is 5.75 Å². The summed E-state index contributed by atoms with van der Waals surface area (Å²) in [4.78, 5) is 4.11. The number of nitrogens with two attached hydrogens (primary N) is 1. The number of para-hydroxylation sites is 2. The maximum Gasteiger partial charge on any atom is 0.573 e. The molecule has 0 bridgehead atoms. The van der Waals surface area contributed by atoms with Crippen LogP contribution in [0.25, 0.3) is 0 Å². The first-order chi connectivity index (χ1) is 10.0. The number of halogens is 4. The number of hydrogen-bond donors (Lipinski definition) is 2. The van der Waals surface area contributed by atoms with Crippen molar-refractivity contribution >= 4 is 35.6 Å². The first-order valence-corrected chi connectivity index (χ1v) is 6.44. The van der Waals surface area contributed by atoms with Crippen molar-refractivity contribution in [1.82, 2.24) is 0 Å². The molecule has 0 spiro atoms. The van der Waals surface area contributed by atoms with Crippen LogP contribution in [0.3, 0.4) is 0 Å². The van der Waals surface area contributed by atoms with Crippen LogP contribution in [0.15, 0.2) is 29.3 Å². The molecule has 1 aromatic carbocycles. The van der Waals surface area contributed by atoms with E-state index >= 15 is 0 Å². The topological polar surface area (TPSA) is 59.6 Å². The Labute approximate surface area is 150 Å². The molecule has 0 fully saturated rings. The smallest absolute Gasteiger partial charge is 0.404 e. The maximum atomic E-state index is 12.3. The molecule has 1 atom stereocenters. The van der Waals surface area contributed by atoms with E-state index in [0.717, 1.165) is 0 Å². The van der Waals surface area contributed by atoms with Crippen LogP contribution in [0.4, 0.5) is 18.9 Å². The molecule has 1 rings (SSSR count). The average molecular weight is 441 g/mol. The molecule has 8 heteroatoms. The normalized spacial score (nSPS) is 13.5. The second kappa shape index (κ2) is 8.29. The summed E-state index contributed by atoms with van der Waals surface area (Å²) in [5.41, 5.74) is 5.43. The molecule has 0 aromatic heterocycles. The Balaban J connectivity index is 0.00000484. The third kappa shape index (κ3) is 7.45. The molecule has 0 saturated carbocycles. The van der Waals surface area contributed by atoms with Crippen molar-refractivity contribution in [3.63, 3.8) is 0 Å². The monoisotopic (exact) mass is 441 g/mol. The summed E-state index contributed by atoms with van der Waals surface area (Å²) in [5.74, 6) is 2.00. The van der Waals surface area contributed by atoms with Gasteiger partial charge in [-0.1, -0.05) is 38.8 Å². The number of nitrogens with zero attached hydrogens (tertiary/aromatic N) is 1. The highest BCUT2D eigenvalue weighted by Gasteiger charge is 2.32. The van der Waals surface area contributed by atoms with Gasteiger partial charge >= 0.3 is 6.36 Å². The number of guanidine groups is 1. The number of alkyl halides is 3. The summed E-state index contributed by atoms with van der Waals surface area (Å²) >= 11 is 0. The van der Waals surface area contributed by atoms with Gasteiger partial charge in [-0.05, 0) is 17.5 Å². The number of ether oxygens (including phenoxy) is 1. The number of hydrogen-bond acceptors (Lipinski definition) is 2. The standard InChI is InChI=1S/C15H18F3N3O.HI/c1-5-12(14(2,3)4)21-13(19)20-10-8-6-7-9-11(10)22-15(16,17)18;/h1,6-9,12H,2-4H3,(H3,19,20,21);1H. The second-order valence-electron chi connectivity index (χ2n) is 5.62. The fraction of sp³-hybridized carbons (Fsp3) is 0.400. The fourth-order valence-corrected chi connectivity index (χ4v) is 1.57. The Bertz CT molecular complexity index is 589. The van der Waals surface area contributed by atoms with Gasteiger partial charge < -0.3 is 15.8 Å². The van der Waals surface area contributed by atoms with Gasteiger partial charge in [-0.3, -0.25) is 0 Å². The first-order valence-electron chi connectivity index (χ1n) is 6.44. The van der Waals surface area contributed by atoms with Crippen LogP contribution in [-0.2, 0) is 0 Å². The molecule has 0 aliphatic carbocycles. The van der Waals surface area contributed by atoms with E-state index in [4.69, 9.17) is 12.2 Å². The number of terminal acetylenes is 1. The zero-order valence-corrected chi connectivity index (χ0v) is 15.3. The average Bonchev–Trinajstić information content (AvgIpc) is 2.35. The van der Waals surface area contributed by atoms with E-state index in [1.807, 2.05) is 20.8 Å². The molecule has 23 heavy (non-hydrogen) atoms. The van der Waals surface area contributed by atoms with Gasteiger partial charge in [0.05, 0.1) is 5.69 Å². The van der Waals surface area contributed by atoms with Gasteiger partial charge in [0.15, 0.2) is 11.7 Å². The molecular formula is C15H19F3IN3O. The van der Waals surface area contributed by atoms with Crippen LogP contribution in [0, 0.1) is 17.8 Å². The highest BCUT2D eigenvalue weighted by Crippen LogP contribution is 2.30. The lowest BCUT2D eigenvalue weighted by Gasteiger charge is -2.23. The van der Waals surface area contributed by atoms with Crippen molar-refractivity contribution in [1.29, 1.82) is 0 Å². The van der Waals surface area contributed by atoms with E-state index in [1.165, 1.54) is 18.2 Å². The highest BCUT2D eigenvalue weighted by atomic mass is 127. The molecule has 0 heterocycles. The van der Waals surface area contributed by atoms with Gasteiger partial charge in [0.25, 0.3) is 0 Å². The van der Waals surface area contributed by atoms with E-state index in [9.17, 15) is 13.2 Å². The maximum absolute atomic E-state index is 12.3. The van der Waals surface area contributed by atoms with Crippen molar-refractivity contribution in [2.24, 2.45) is 16.1 Å². The molecular weight excluding hydrogens is 422 g/mol. The fourth-order valence-electron chi connectivity index (χ4n) is 1.57. The highest BCUT2D eigenvalue weighted by molar-refractivity contribution is 14.0. The van der Waals surface area contributed by atoms with Crippen LogP contribution in [-0.4, -0.2) is 18.4 Å². The lowest BCUT2D eigenvalue weighted by molar-refractivity contribution is -0.274. The van der Waals surface area contributed by atoms with E-state index < -0.39 is 18.2 Å². The number of anilines is 1. The molecule has 0 saturated heterocycles. The molecule has 3 N–H and O–H groups in total. The van der Waals surface area contributed by atoms with Gasteiger partial charge in [-0.15, -0.1) is 43.6 Å². The van der Waals surface area contributed by atoms with E-state index in [-0.39, 0.29) is 41.0 Å². The van der Waals surface area contributed by atoms with E-state index in [1.54, 1.807) is 6.07 Å². The Hall–Kier alpha value is -1.63. The zero-order valence-electron chi connectivity index (χ0n) is 12.9. The summed E-state index contributed by atoms with van der Waals surface area (Å²) in [5, 5.41) is 2.58. The molecule has 0 aliphatic rings. The summed E-state index contributed by atoms with van der Waals surface area (Å²) in [6, 6.07) is 5.01. The van der Waals surface area contributed by atoms with E-state index in [0.29, 0.717) is 0 Å². The quantitative estimate of drug-likeness (QED) is 0.323. The summed E-state index contributed by atoms with van der Waals surface area (Å²) in [6.45, 7) is 5.65. The summed E-state index contributed by atoms with van der Waals surface area (Å²) in [7, 11) is 0. The predicted molar refractivity (Wildman–Crippen MR) is 95.9 cm³/mol. The molecule has 0 amide bonds. The van der Waals surface area contributed by atoms with Crippen molar-refractivity contribution in [2.45, 2.75) is 33.2 Å². The Kier molecular flexibility index (Phi) is 7.70. The minimum absolute atomic E-state index is 0. The lowest BCUT2D eigenvalue weighted by Crippen LogP contribution is -2.30. The van der Waals surface area contributed by atoms with Gasteiger partial charge in [0, 0.05) is 0 Å². The van der Waals surface area contributed by atoms with Crippen molar-refractivity contribution in [3.8, 4) is 18.1 Å². The number of benzene rings is 1. The second-order valence-corrected chi connectivity index (χ2v) is 5.62. The van der Waals surface area contributed by atoms with Gasteiger partial charge in [-0.2, -0.15) is 0 Å². The van der Waals surface area contributed by atoms with Gasteiger partial charge in [0.1, 0.15) is 6.04 Å². The third-order valence-corrected chi connectivity index (χ3v) is 2.62. The molecule has 4 nitrogen and oxygen atoms in total. The molecule has 0 radical (unpaired) electrons. The van der Waals surface area contributed by atoms with Gasteiger partial charge in [-0.25, -0.2) is 4.99 Å². The minimum Gasteiger partial charge on any atom is -0.404 e. The van der Waals surface area contributed by atoms with Crippen LogP contribution < -0.4 is 15.8 Å².